The molecular weight excluding hydrogens is 1160 g/mol. The summed E-state index contributed by atoms with van der Waals surface area (Å²) >= 11 is 0. The van der Waals surface area contributed by atoms with Crippen LogP contribution in [0.15, 0.2) is 96.4 Å². The van der Waals surface area contributed by atoms with Crippen LogP contribution in [0, 0.1) is 11.6 Å². The van der Waals surface area contributed by atoms with Crippen LogP contribution in [0.4, 0.5) is 36.7 Å². The van der Waals surface area contributed by atoms with Crippen molar-refractivity contribution in [1.29, 1.82) is 0 Å². The van der Waals surface area contributed by atoms with Crippen LogP contribution in [0.1, 0.15) is 96.4 Å². The van der Waals surface area contributed by atoms with Crippen LogP contribution in [0.2, 0.25) is 0 Å². The number of aromatic amines is 1. The first-order valence-electron chi connectivity index (χ1n) is 30.5. The Balaban J connectivity index is 0.696. The summed E-state index contributed by atoms with van der Waals surface area (Å²) in [6.45, 7) is 25.5. The molecular formula is C65H80F2N14O7S. The van der Waals surface area contributed by atoms with Crippen molar-refractivity contribution in [2.24, 2.45) is 0 Å². The van der Waals surface area contributed by atoms with E-state index in [1.807, 2.05) is 49.8 Å². The monoisotopic (exact) mass is 1240 g/mol. The number of nitrogens with zero attached hydrogens (tertiary/aromatic N) is 12. The molecule has 0 radical (unpaired) electrons. The number of hydrogen-bond donors (Lipinski definition) is 2. The van der Waals surface area contributed by atoms with Crippen molar-refractivity contribution in [3.05, 3.63) is 126 Å². The maximum atomic E-state index is 14.7. The second kappa shape index (κ2) is 24.8. The molecule has 89 heavy (non-hydrogen) atoms. The molecule has 2 unspecified atom stereocenters. The number of aromatic nitrogens is 6. The third kappa shape index (κ3) is 13.7. The van der Waals surface area contributed by atoms with E-state index in [0.29, 0.717) is 130 Å². The van der Waals surface area contributed by atoms with Gasteiger partial charge in [0, 0.05) is 144 Å². The largest absolute Gasteiger partial charge is 0.491 e. The number of halogens is 2. The van der Waals surface area contributed by atoms with E-state index in [-0.39, 0.29) is 65.0 Å². The fourth-order valence-corrected chi connectivity index (χ4v) is 13.6. The lowest BCUT2D eigenvalue weighted by Crippen LogP contribution is -2.65. The maximum absolute atomic E-state index is 14.7. The molecule has 3 amide bonds. The van der Waals surface area contributed by atoms with Gasteiger partial charge in [0.15, 0.2) is 15.7 Å². The Morgan fingerprint density at radius 2 is 1.51 bits per heavy atom. The standard InChI is InChI=1S/C65H80F2N14O7S/c1-41-35-78(24-23-77(41)37-48-38-80(62(84)88-63(3,4)5)42(2)36-79(48)39-57(82)81-40-65(9,10)58-54(81)28-44(32-69-58)27-43-11-13-46(66)14-12-43)60(83)45-33-70-61(71-34-45)76-21-19-75(20-22-76)25-26-87-55-31-53-49(30-56(55)89(85,86)64(6,7)8)51(17-18-68-53)72-59-50-29-47(67)15-16-52(50)73-74-59/h11-18,28-34,41-42,48H,19-27,35-40H2,1-10H3,(H2,68,72,73,74)/t41-,42?,48?/m1/s1. The molecule has 0 aliphatic carbocycles. The first kappa shape index (κ1) is 62.7. The Morgan fingerprint density at radius 3 is 2.21 bits per heavy atom. The van der Waals surface area contributed by atoms with E-state index in [2.05, 4.69) is 70.8 Å². The number of amides is 3. The van der Waals surface area contributed by atoms with Crippen molar-refractivity contribution in [2.45, 2.75) is 114 Å². The molecule has 472 valence electrons. The maximum Gasteiger partial charge on any atom is 0.410 e. The summed E-state index contributed by atoms with van der Waals surface area (Å²) in [5, 5.41) is 11.6. The number of anilines is 4. The van der Waals surface area contributed by atoms with Crippen LogP contribution >= 0.6 is 0 Å². The highest BCUT2D eigenvalue weighted by Gasteiger charge is 2.44. The summed E-state index contributed by atoms with van der Waals surface area (Å²) in [5.74, 6) is 0.170. The molecule has 3 atom stereocenters. The average molecular weight is 1240 g/mol. The van der Waals surface area contributed by atoms with Gasteiger partial charge in [-0.25, -0.2) is 32.0 Å². The molecule has 24 heteroatoms. The number of nitrogens with one attached hydrogen (secondary N) is 2. The molecule has 4 aliphatic heterocycles. The highest BCUT2D eigenvalue weighted by molar-refractivity contribution is 7.92. The minimum atomic E-state index is -3.91. The van der Waals surface area contributed by atoms with Crippen molar-refractivity contribution >= 4 is 72.7 Å². The van der Waals surface area contributed by atoms with Crippen LogP contribution in [0.25, 0.3) is 21.8 Å². The number of carbonyl (C=O) groups excluding carboxylic acids is 3. The molecule has 3 fully saturated rings. The molecule has 4 aliphatic rings. The summed E-state index contributed by atoms with van der Waals surface area (Å²) < 4.78 is 67.4. The minimum Gasteiger partial charge on any atom is -0.491 e. The molecule has 11 rings (SSSR count). The van der Waals surface area contributed by atoms with Gasteiger partial charge in [-0.3, -0.25) is 39.4 Å². The van der Waals surface area contributed by atoms with Crippen molar-refractivity contribution in [3.8, 4) is 5.75 Å². The Kier molecular flexibility index (Phi) is 17.5. The topological polar surface area (TPSA) is 219 Å². The highest BCUT2D eigenvalue weighted by Crippen LogP contribution is 2.41. The van der Waals surface area contributed by atoms with Crippen molar-refractivity contribution in [3.63, 3.8) is 0 Å². The Labute approximate surface area is 518 Å². The van der Waals surface area contributed by atoms with Crippen LogP contribution < -0.4 is 19.9 Å². The van der Waals surface area contributed by atoms with E-state index in [4.69, 9.17) is 14.5 Å². The molecule has 21 nitrogen and oxygen atoms in total. The second-order valence-corrected chi connectivity index (χ2v) is 29.3. The fourth-order valence-electron chi connectivity index (χ4n) is 12.3. The number of benzene rings is 3. The average Bonchev–Trinajstić information content (AvgIpc) is 2.11. The number of sulfone groups is 1. The van der Waals surface area contributed by atoms with Crippen LogP contribution in [0.5, 0.6) is 5.75 Å². The SMILES string of the molecule is CC1CN(CC(=O)N2CC(C)(C)c3ncc(Cc4ccc(F)cc4)cc32)C(CN2CCN(C(=O)c3cnc(N4CCN(CCOc5cc6nccc(Nc7n[nH]c8ccc(F)cc78)c6cc5S(=O)(=O)C(C)(C)C)CC4)nc3)C[C@H]2C)CN1C(=O)OC(C)(C)C. The van der Waals surface area contributed by atoms with Crippen molar-refractivity contribution in [1.82, 2.24) is 54.6 Å². The van der Waals surface area contributed by atoms with E-state index < -0.39 is 32.1 Å². The van der Waals surface area contributed by atoms with E-state index >= 15 is 0 Å². The molecule has 4 aromatic heterocycles. The first-order valence-corrected chi connectivity index (χ1v) is 32.0. The molecule has 0 bridgehead atoms. The quantitative estimate of drug-likeness (QED) is 0.0983. The minimum absolute atomic E-state index is 0.0361. The zero-order chi connectivity index (χ0) is 63.3. The zero-order valence-electron chi connectivity index (χ0n) is 52.4. The lowest BCUT2D eigenvalue weighted by atomic mass is 9.91. The predicted molar refractivity (Wildman–Crippen MR) is 338 cm³/mol. The summed E-state index contributed by atoms with van der Waals surface area (Å²) in [6, 6.07) is 17.2. The first-order chi connectivity index (χ1) is 42.2. The summed E-state index contributed by atoms with van der Waals surface area (Å²) in [6.07, 6.45) is 6.78. The van der Waals surface area contributed by atoms with Crippen LogP contribution in [-0.4, -0.2) is 201 Å². The second-order valence-electron chi connectivity index (χ2n) is 26.7. The zero-order valence-corrected chi connectivity index (χ0v) is 53.2. The van der Waals surface area contributed by atoms with Gasteiger partial charge in [-0.1, -0.05) is 26.0 Å². The molecule has 0 spiro atoms. The van der Waals surface area contributed by atoms with Crippen molar-refractivity contribution < 1.29 is 41.1 Å². The number of carbonyl (C=O) groups is 3. The van der Waals surface area contributed by atoms with Gasteiger partial charge in [-0.2, -0.15) is 5.10 Å². The number of hydrogen-bond acceptors (Lipinski definition) is 17. The lowest BCUT2D eigenvalue weighted by molar-refractivity contribution is -0.121. The number of ether oxygens (including phenoxy) is 2. The molecule has 3 aromatic carbocycles. The molecule has 8 heterocycles. The van der Waals surface area contributed by atoms with Crippen LogP contribution in [0.3, 0.4) is 0 Å². The fraction of sp³-hybridized carbons (Fsp3) is 0.477. The van der Waals surface area contributed by atoms with Gasteiger partial charge in [0.25, 0.3) is 5.91 Å². The van der Waals surface area contributed by atoms with Gasteiger partial charge in [-0.05, 0) is 121 Å². The Bertz CT molecular complexity index is 3890. The lowest BCUT2D eigenvalue weighted by Gasteiger charge is -2.48. The molecule has 7 aromatic rings. The normalized spacial score (nSPS) is 19.7. The van der Waals surface area contributed by atoms with Gasteiger partial charge in [0.05, 0.1) is 45.0 Å². The van der Waals surface area contributed by atoms with Crippen molar-refractivity contribution in [2.75, 3.05) is 107 Å². The smallest absolute Gasteiger partial charge is 0.410 e. The Hall–Kier alpha value is -7.93. The third-order valence-electron chi connectivity index (χ3n) is 17.3. The van der Waals surface area contributed by atoms with E-state index in [0.717, 1.165) is 22.5 Å². The van der Waals surface area contributed by atoms with Gasteiger partial charge < -0.3 is 34.4 Å². The summed E-state index contributed by atoms with van der Waals surface area (Å²) in [5.41, 5.74) is 4.50. The summed E-state index contributed by atoms with van der Waals surface area (Å²) in [7, 11) is -3.91. The Morgan fingerprint density at radius 1 is 0.775 bits per heavy atom. The third-order valence-corrected chi connectivity index (χ3v) is 19.8. The van der Waals surface area contributed by atoms with E-state index in [1.54, 1.807) is 80.7 Å². The highest BCUT2D eigenvalue weighted by atomic mass is 32.2. The van der Waals surface area contributed by atoms with Crippen LogP contribution in [-0.2, 0) is 31.2 Å². The van der Waals surface area contributed by atoms with Gasteiger partial charge >= 0.3 is 6.09 Å². The number of pyridine rings is 2. The molecule has 3 saturated heterocycles. The molecule has 2 N–H and O–H groups in total. The van der Waals surface area contributed by atoms with Gasteiger partial charge in [0.2, 0.25) is 11.9 Å². The van der Waals surface area contributed by atoms with Gasteiger partial charge in [-0.15, -0.1) is 0 Å². The van der Waals surface area contributed by atoms with Gasteiger partial charge in [0.1, 0.15) is 34.5 Å². The summed E-state index contributed by atoms with van der Waals surface area (Å²) in [4.78, 5) is 75.6. The number of H-pyrrole nitrogens is 1. The number of fused-ring (bicyclic) bond motifs is 3. The predicted octanol–water partition coefficient (Wildman–Crippen LogP) is 8.46. The molecule has 0 saturated carbocycles. The van der Waals surface area contributed by atoms with E-state index in [1.165, 1.54) is 24.3 Å². The number of piperazine rings is 3. The number of rotatable bonds is 15. The van der Waals surface area contributed by atoms with E-state index in [9.17, 15) is 31.6 Å².